The summed E-state index contributed by atoms with van der Waals surface area (Å²) < 4.78 is 53.8. The molecule has 11 heteroatoms. The summed E-state index contributed by atoms with van der Waals surface area (Å²) in [7, 11) is 0. The number of aromatic nitrogens is 1. The number of carbonyl (C=O) groups is 1. The van der Waals surface area contributed by atoms with Crippen LogP contribution in [0, 0.1) is 5.92 Å². The monoisotopic (exact) mass is 485 g/mol. The fourth-order valence-corrected chi connectivity index (χ4v) is 4.32. The number of hydrogen-bond donors (Lipinski definition) is 2. The zero-order valence-corrected chi connectivity index (χ0v) is 18.3. The Labute approximate surface area is 193 Å². The van der Waals surface area contributed by atoms with Crippen molar-refractivity contribution >= 4 is 28.7 Å². The molecular formula is C22H23ClF3N3O4. The molecule has 2 aliphatic heterocycles. The van der Waals surface area contributed by atoms with E-state index in [1.165, 1.54) is 22.9 Å². The van der Waals surface area contributed by atoms with Crippen LogP contribution in [0.2, 0.25) is 0 Å². The third kappa shape index (κ3) is 5.44. The van der Waals surface area contributed by atoms with E-state index >= 15 is 0 Å². The highest BCUT2D eigenvalue weighted by molar-refractivity contribution is 6.67. The van der Waals surface area contributed by atoms with Gasteiger partial charge in [0.25, 0.3) is 0 Å². The Morgan fingerprint density at radius 2 is 2.06 bits per heavy atom. The molecule has 0 spiro atoms. The van der Waals surface area contributed by atoms with Crippen LogP contribution in [0.1, 0.15) is 42.0 Å². The Kier molecular flexibility index (Phi) is 6.85. The smallest absolute Gasteiger partial charge is 0.419 e. The number of carboxylic acids is 1. The van der Waals surface area contributed by atoms with Gasteiger partial charge in [-0.1, -0.05) is 6.07 Å². The molecule has 33 heavy (non-hydrogen) atoms. The molecule has 1 aromatic heterocycles. The van der Waals surface area contributed by atoms with Crippen LogP contribution in [0.15, 0.2) is 35.5 Å². The van der Waals surface area contributed by atoms with E-state index in [9.17, 15) is 18.0 Å². The van der Waals surface area contributed by atoms with Crippen LogP contribution < -0.4 is 10.1 Å². The summed E-state index contributed by atoms with van der Waals surface area (Å²) >= 11 is 6.08. The van der Waals surface area contributed by atoms with Gasteiger partial charge in [-0.25, -0.2) is 4.99 Å². The summed E-state index contributed by atoms with van der Waals surface area (Å²) in [6.07, 6.45) is -0.665. The standard InChI is InChI=1S/C22H23ClF3N3O4/c23-21-27-19(15-3-7-29(12-18(30)31)20(15)28-21)14-1-2-17(16(11-14)22(24,25)26)33-10-6-13-4-8-32-9-5-13/h1-3,7,11,13,19H,4-6,8-10,12H2,(H,27,28)(H,30,31). The molecule has 0 bridgehead atoms. The van der Waals surface area contributed by atoms with Crippen LogP contribution in [-0.4, -0.2) is 40.8 Å². The first-order valence-corrected chi connectivity index (χ1v) is 10.9. The number of amidine groups is 1. The predicted octanol–water partition coefficient (Wildman–Crippen LogP) is 4.90. The number of rotatable bonds is 7. The third-order valence-electron chi connectivity index (χ3n) is 5.81. The number of hydrogen-bond acceptors (Lipinski definition) is 5. The predicted molar refractivity (Wildman–Crippen MR) is 116 cm³/mol. The first kappa shape index (κ1) is 23.4. The van der Waals surface area contributed by atoms with Crippen molar-refractivity contribution in [2.75, 3.05) is 25.1 Å². The number of carboxylic acid groups (broad SMARTS) is 1. The van der Waals surface area contributed by atoms with Crippen LogP contribution in [-0.2, 0) is 22.3 Å². The summed E-state index contributed by atoms with van der Waals surface area (Å²) in [5, 5.41) is 11.8. The minimum absolute atomic E-state index is 0.0387. The third-order valence-corrected chi connectivity index (χ3v) is 6.00. The SMILES string of the molecule is O=C(O)Cn1ccc2c1NC(Cl)=NC2c1ccc(OCCC2CCOCC2)c(C(F)(F)F)c1. The van der Waals surface area contributed by atoms with Crippen molar-refractivity contribution in [1.29, 1.82) is 0 Å². The van der Waals surface area contributed by atoms with Gasteiger partial charge in [-0.15, -0.1) is 0 Å². The first-order chi connectivity index (χ1) is 15.7. The average molecular weight is 486 g/mol. The molecule has 178 valence electrons. The van der Waals surface area contributed by atoms with Gasteiger partial charge in [0.05, 0.1) is 12.2 Å². The molecule has 1 saturated heterocycles. The van der Waals surface area contributed by atoms with Crippen molar-refractivity contribution < 1.29 is 32.5 Å². The van der Waals surface area contributed by atoms with Crippen LogP contribution >= 0.6 is 11.6 Å². The summed E-state index contributed by atoms with van der Waals surface area (Å²) in [6.45, 7) is 1.20. The molecule has 1 unspecified atom stereocenters. The second-order valence-electron chi connectivity index (χ2n) is 8.04. The molecule has 1 aromatic carbocycles. The Morgan fingerprint density at radius 1 is 1.30 bits per heavy atom. The van der Waals surface area contributed by atoms with Crippen molar-refractivity contribution in [2.24, 2.45) is 10.9 Å². The number of ether oxygens (including phenoxy) is 2. The Bertz CT molecular complexity index is 1050. The lowest BCUT2D eigenvalue weighted by Crippen LogP contribution is -2.20. The van der Waals surface area contributed by atoms with Gasteiger partial charge in [0.2, 0.25) is 0 Å². The number of aliphatic carboxylic acids is 1. The van der Waals surface area contributed by atoms with E-state index in [4.69, 9.17) is 26.2 Å². The molecule has 2 N–H and O–H groups in total. The van der Waals surface area contributed by atoms with Gasteiger partial charge in [-0.2, -0.15) is 13.2 Å². The number of halogens is 4. The number of nitrogens with one attached hydrogen (secondary N) is 1. The lowest BCUT2D eigenvalue weighted by molar-refractivity contribution is -0.139. The van der Waals surface area contributed by atoms with E-state index in [0.717, 1.165) is 18.9 Å². The second kappa shape index (κ2) is 9.64. The molecule has 7 nitrogen and oxygen atoms in total. The van der Waals surface area contributed by atoms with E-state index in [1.807, 2.05) is 0 Å². The highest BCUT2D eigenvalue weighted by Gasteiger charge is 2.36. The number of fused-ring (bicyclic) bond motifs is 1. The Balaban J connectivity index is 1.59. The highest BCUT2D eigenvalue weighted by Crippen LogP contribution is 2.42. The van der Waals surface area contributed by atoms with Crippen molar-refractivity contribution in [3.05, 3.63) is 47.2 Å². The van der Waals surface area contributed by atoms with Gasteiger partial charge in [0, 0.05) is 25.0 Å². The molecule has 4 rings (SSSR count). The van der Waals surface area contributed by atoms with Crippen molar-refractivity contribution in [2.45, 2.75) is 38.0 Å². The summed E-state index contributed by atoms with van der Waals surface area (Å²) in [5.74, 6) is -0.530. The summed E-state index contributed by atoms with van der Waals surface area (Å²) in [4.78, 5) is 15.4. The number of nitrogens with zero attached hydrogens (tertiary/aromatic N) is 2. The maximum absolute atomic E-state index is 13.9. The van der Waals surface area contributed by atoms with Gasteiger partial charge in [-0.05, 0) is 60.5 Å². The van der Waals surface area contributed by atoms with Crippen molar-refractivity contribution in [3.8, 4) is 5.75 Å². The topological polar surface area (TPSA) is 85.1 Å². The van der Waals surface area contributed by atoms with Crippen LogP contribution in [0.3, 0.4) is 0 Å². The Hall–Kier alpha value is -2.72. The lowest BCUT2D eigenvalue weighted by Gasteiger charge is -2.24. The fraction of sp³-hybridized carbons (Fsp3) is 0.455. The van der Waals surface area contributed by atoms with Gasteiger partial charge in [0.1, 0.15) is 24.2 Å². The van der Waals surface area contributed by atoms with Gasteiger partial charge in [0.15, 0.2) is 5.29 Å². The molecule has 0 amide bonds. The second-order valence-corrected chi connectivity index (χ2v) is 8.39. The highest BCUT2D eigenvalue weighted by atomic mass is 35.5. The largest absolute Gasteiger partial charge is 0.493 e. The molecule has 3 heterocycles. The van der Waals surface area contributed by atoms with Crippen LogP contribution in [0.25, 0.3) is 0 Å². The lowest BCUT2D eigenvalue weighted by atomic mass is 9.97. The number of aliphatic imine (C=N–C) groups is 1. The van der Waals surface area contributed by atoms with Crippen molar-refractivity contribution in [1.82, 2.24) is 4.57 Å². The molecular weight excluding hydrogens is 463 g/mol. The zero-order chi connectivity index (χ0) is 23.6. The molecule has 0 saturated carbocycles. The zero-order valence-electron chi connectivity index (χ0n) is 17.6. The van der Waals surface area contributed by atoms with E-state index < -0.39 is 23.8 Å². The molecule has 1 atom stereocenters. The van der Waals surface area contributed by atoms with Crippen LogP contribution in [0.5, 0.6) is 5.75 Å². The van der Waals surface area contributed by atoms with Gasteiger partial charge >= 0.3 is 12.1 Å². The quantitative estimate of drug-likeness (QED) is 0.545. The summed E-state index contributed by atoms with van der Waals surface area (Å²) in [6, 6.07) is 4.66. The van der Waals surface area contributed by atoms with Crippen LogP contribution in [0.4, 0.5) is 19.0 Å². The molecule has 2 aromatic rings. The van der Waals surface area contributed by atoms with Gasteiger partial charge < -0.3 is 24.5 Å². The minimum atomic E-state index is -4.62. The van der Waals surface area contributed by atoms with E-state index in [-0.39, 0.29) is 29.8 Å². The average Bonchev–Trinajstić information content (AvgIpc) is 3.15. The maximum atomic E-state index is 13.9. The Morgan fingerprint density at radius 3 is 2.76 bits per heavy atom. The molecule has 1 fully saturated rings. The van der Waals surface area contributed by atoms with Crippen molar-refractivity contribution in [3.63, 3.8) is 0 Å². The van der Waals surface area contributed by atoms with E-state index in [1.54, 1.807) is 6.07 Å². The maximum Gasteiger partial charge on any atom is 0.419 e. The number of anilines is 1. The molecule has 2 aliphatic rings. The van der Waals surface area contributed by atoms with Gasteiger partial charge in [-0.3, -0.25) is 4.79 Å². The first-order valence-electron chi connectivity index (χ1n) is 10.5. The number of alkyl halides is 3. The fourth-order valence-electron chi connectivity index (χ4n) is 4.13. The van der Waals surface area contributed by atoms with E-state index in [2.05, 4.69) is 10.3 Å². The van der Waals surface area contributed by atoms with E-state index in [0.29, 0.717) is 36.9 Å². The number of benzene rings is 1. The molecule has 0 aliphatic carbocycles. The molecule has 0 radical (unpaired) electrons. The minimum Gasteiger partial charge on any atom is -0.493 e. The normalized spacial score (nSPS) is 18.9. The summed E-state index contributed by atoms with van der Waals surface area (Å²) in [5.41, 5.74) is -0.0848.